The number of hydrogen-bond acceptors (Lipinski definition) is 5. The molecule has 1 aliphatic rings. The van der Waals surface area contributed by atoms with Gasteiger partial charge in [-0.05, 0) is 24.3 Å². The molecule has 25 heavy (non-hydrogen) atoms. The van der Waals surface area contributed by atoms with Crippen molar-refractivity contribution in [3.63, 3.8) is 0 Å². The number of halogens is 1. The zero-order chi connectivity index (χ0) is 16.8. The van der Waals surface area contributed by atoms with E-state index in [2.05, 4.69) is 37.4 Å². The molecule has 2 aromatic rings. The molecule has 1 saturated heterocycles. The third-order valence-corrected chi connectivity index (χ3v) is 4.15. The lowest BCUT2D eigenvalue weighted by atomic mass is 10.2. The first-order valence-electron chi connectivity index (χ1n) is 8.04. The third kappa shape index (κ3) is 5.00. The Morgan fingerprint density at radius 2 is 1.92 bits per heavy atom. The average molecular weight is 457 g/mol. The molecule has 2 heterocycles. The first kappa shape index (κ1) is 19.4. The molecule has 0 atom stereocenters. The third-order valence-electron chi connectivity index (χ3n) is 4.15. The maximum atomic E-state index is 5.21. The Balaban J connectivity index is 0.00000225. The molecular weight excluding hydrogens is 433 g/mol. The highest BCUT2D eigenvalue weighted by Gasteiger charge is 2.19. The first-order chi connectivity index (χ1) is 11.8. The molecule has 1 aliphatic heterocycles. The Kier molecular flexibility index (Phi) is 7.35. The van der Waals surface area contributed by atoms with Crippen molar-refractivity contribution >= 4 is 35.6 Å². The quantitative estimate of drug-likeness (QED) is 0.432. The van der Waals surface area contributed by atoms with Gasteiger partial charge in [-0.1, -0.05) is 5.16 Å². The Bertz CT molecular complexity index is 652. The largest absolute Gasteiger partial charge is 0.497 e. The van der Waals surface area contributed by atoms with Gasteiger partial charge in [0, 0.05) is 45.0 Å². The van der Waals surface area contributed by atoms with Crippen molar-refractivity contribution in [2.45, 2.75) is 6.54 Å². The van der Waals surface area contributed by atoms with Crippen molar-refractivity contribution in [2.75, 3.05) is 45.2 Å². The number of nitrogens with zero attached hydrogens (tertiary/aromatic N) is 4. The van der Waals surface area contributed by atoms with Gasteiger partial charge in [-0.15, -0.1) is 24.0 Å². The Hall–Kier alpha value is -1.97. The molecule has 0 unspecified atom stereocenters. The minimum Gasteiger partial charge on any atom is -0.497 e. The first-order valence-corrected chi connectivity index (χ1v) is 8.04. The van der Waals surface area contributed by atoms with E-state index in [1.165, 1.54) is 5.69 Å². The number of anilines is 1. The molecule has 136 valence electrons. The SMILES string of the molecule is CN=C(NCc1ccon1)N1CCN(c2ccc(OC)cc2)CC1.I. The second-order valence-electron chi connectivity index (χ2n) is 5.56. The van der Waals surface area contributed by atoms with E-state index in [1.54, 1.807) is 20.4 Å². The molecule has 1 aromatic heterocycles. The molecule has 1 aromatic carbocycles. The molecule has 0 amide bonds. The van der Waals surface area contributed by atoms with Gasteiger partial charge in [0.1, 0.15) is 17.7 Å². The van der Waals surface area contributed by atoms with Gasteiger partial charge in [0.05, 0.1) is 13.7 Å². The number of aliphatic imine (C=N–C) groups is 1. The molecule has 0 spiro atoms. The van der Waals surface area contributed by atoms with E-state index in [9.17, 15) is 0 Å². The summed E-state index contributed by atoms with van der Waals surface area (Å²) in [5.41, 5.74) is 2.09. The molecule has 0 saturated carbocycles. The second-order valence-corrected chi connectivity index (χ2v) is 5.56. The van der Waals surface area contributed by atoms with Crippen LogP contribution in [-0.2, 0) is 6.54 Å². The van der Waals surface area contributed by atoms with Crippen LogP contribution in [0, 0.1) is 0 Å². The van der Waals surface area contributed by atoms with Crippen LogP contribution in [0.5, 0.6) is 5.75 Å². The van der Waals surface area contributed by atoms with Crippen LogP contribution in [0.4, 0.5) is 5.69 Å². The van der Waals surface area contributed by atoms with Crippen molar-refractivity contribution in [3.8, 4) is 5.75 Å². The summed E-state index contributed by atoms with van der Waals surface area (Å²) in [4.78, 5) is 9.01. The minimum atomic E-state index is 0. The molecule has 0 radical (unpaired) electrons. The number of aromatic nitrogens is 1. The van der Waals surface area contributed by atoms with E-state index in [1.807, 2.05) is 18.2 Å². The van der Waals surface area contributed by atoms with Crippen molar-refractivity contribution in [2.24, 2.45) is 4.99 Å². The van der Waals surface area contributed by atoms with Crippen LogP contribution < -0.4 is 15.0 Å². The number of rotatable bonds is 4. The summed E-state index contributed by atoms with van der Waals surface area (Å²) in [6.45, 7) is 4.37. The number of nitrogens with one attached hydrogen (secondary N) is 1. The van der Waals surface area contributed by atoms with Gasteiger partial charge in [-0.25, -0.2) is 0 Å². The van der Waals surface area contributed by atoms with E-state index in [4.69, 9.17) is 9.26 Å². The van der Waals surface area contributed by atoms with Crippen LogP contribution in [0.25, 0.3) is 0 Å². The highest BCUT2D eigenvalue weighted by atomic mass is 127. The summed E-state index contributed by atoms with van der Waals surface area (Å²) >= 11 is 0. The summed E-state index contributed by atoms with van der Waals surface area (Å²) in [5, 5.41) is 7.23. The van der Waals surface area contributed by atoms with Crippen molar-refractivity contribution < 1.29 is 9.26 Å². The Morgan fingerprint density at radius 3 is 2.48 bits per heavy atom. The maximum Gasteiger partial charge on any atom is 0.194 e. The Labute approximate surface area is 165 Å². The van der Waals surface area contributed by atoms with E-state index in [-0.39, 0.29) is 24.0 Å². The fourth-order valence-corrected chi connectivity index (χ4v) is 2.80. The van der Waals surface area contributed by atoms with Crippen molar-refractivity contribution in [1.82, 2.24) is 15.4 Å². The van der Waals surface area contributed by atoms with Crippen molar-refractivity contribution in [1.29, 1.82) is 0 Å². The van der Waals surface area contributed by atoms with Gasteiger partial charge in [-0.2, -0.15) is 0 Å². The number of hydrogen-bond donors (Lipinski definition) is 1. The fourth-order valence-electron chi connectivity index (χ4n) is 2.80. The zero-order valence-corrected chi connectivity index (χ0v) is 16.8. The van der Waals surface area contributed by atoms with E-state index in [0.717, 1.165) is 43.6 Å². The summed E-state index contributed by atoms with van der Waals surface area (Å²) in [6, 6.07) is 10.1. The minimum absolute atomic E-state index is 0. The highest BCUT2D eigenvalue weighted by molar-refractivity contribution is 14.0. The molecule has 1 fully saturated rings. The normalized spacial score (nSPS) is 14.9. The summed E-state index contributed by atoms with van der Waals surface area (Å²) in [7, 11) is 3.49. The molecule has 0 bridgehead atoms. The molecular formula is C17H24IN5O2. The number of piperazine rings is 1. The zero-order valence-electron chi connectivity index (χ0n) is 14.5. The lowest BCUT2D eigenvalue weighted by Crippen LogP contribution is -2.52. The lowest BCUT2D eigenvalue weighted by molar-refractivity contribution is 0.370. The van der Waals surface area contributed by atoms with Crippen LogP contribution >= 0.6 is 24.0 Å². The number of guanidine groups is 1. The topological polar surface area (TPSA) is 66.1 Å². The van der Waals surface area contributed by atoms with Gasteiger partial charge < -0.3 is 24.4 Å². The van der Waals surface area contributed by atoms with Gasteiger partial charge in [-0.3, -0.25) is 4.99 Å². The van der Waals surface area contributed by atoms with Crippen molar-refractivity contribution in [3.05, 3.63) is 42.3 Å². The molecule has 8 heteroatoms. The average Bonchev–Trinajstić information content (AvgIpc) is 3.16. The highest BCUT2D eigenvalue weighted by Crippen LogP contribution is 2.20. The van der Waals surface area contributed by atoms with Gasteiger partial charge >= 0.3 is 0 Å². The van der Waals surface area contributed by atoms with E-state index >= 15 is 0 Å². The van der Waals surface area contributed by atoms with Gasteiger partial charge in [0.15, 0.2) is 5.96 Å². The van der Waals surface area contributed by atoms with Crippen LogP contribution in [0.2, 0.25) is 0 Å². The van der Waals surface area contributed by atoms with Crippen LogP contribution in [0.15, 0.2) is 46.1 Å². The van der Waals surface area contributed by atoms with Gasteiger partial charge in [0.2, 0.25) is 0 Å². The number of benzene rings is 1. The monoisotopic (exact) mass is 457 g/mol. The van der Waals surface area contributed by atoms with E-state index < -0.39 is 0 Å². The summed E-state index contributed by atoms with van der Waals surface area (Å²) < 4.78 is 10.1. The second kappa shape index (κ2) is 9.50. The molecule has 3 rings (SSSR count). The van der Waals surface area contributed by atoms with E-state index in [0.29, 0.717) is 6.54 Å². The Morgan fingerprint density at radius 1 is 1.20 bits per heavy atom. The van der Waals surface area contributed by atoms with Gasteiger partial charge in [0.25, 0.3) is 0 Å². The molecule has 7 nitrogen and oxygen atoms in total. The summed E-state index contributed by atoms with van der Waals surface area (Å²) in [6.07, 6.45) is 1.58. The molecule has 1 N–H and O–H groups in total. The number of ether oxygens (including phenoxy) is 1. The number of methoxy groups -OCH3 is 1. The lowest BCUT2D eigenvalue weighted by Gasteiger charge is -2.37. The summed E-state index contributed by atoms with van der Waals surface area (Å²) in [5.74, 6) is 1.78. The smallest absolute Gasteiger partial charge is 0.194 e. The van der Waals surface area contributed by atoms with Crippen LogP contribution in [0.1, 0.15) is 5.69 Å². The predicted octanol–water partition coefficient (Wildman–Crippen LogP) is 2.20. The fraction of sp³-hybridized carbons (Fsp3) is 0.412. The molecule has 0 aliphatic carbocycles. The van der Waals surface area contributed by atoms with Crippen LogP contribution in [-0.4, -0.2) is 56.4 Å². The predicted molar refractivity (Wildman–Crippen MR) is 109 cm³/mol. The standard InChI is InChI=1S/C17H23N5O2.HI/c1-18-17(19-13-14-7-12-24-20-14)22-10-8-21(9-11-22)15-3-5-16(23-2)6-4-15;/h3-7,12H,8-11,13H2,1-2H3,(H,18,19);1H. The maximum absolute atomic E-state index is 5.21. The van der Waals surface area contributed by atoms with Crippen LogP contribution in [0.3, 0.4) is 0 Å².